The van der Waals surface area contributed by atoms with E-state index in [0.717, 1.165) is 17.1 Å². The Hall–Kier alpha value is -3.24. The van der Waals surface area contributed by atoms with Crippen molar-refractivity contribution in [1.82, 2.24) is 9.80 Å². The largest absolute Gasteiger partial charge is 0.480 e. The van der Waals surface area contributed by atoms with Gasteiger partial charge in [0.25, 0.3) is 11.8 Å². The third-order valence-electron chi connectivity index (χ3n) is 4.33. The van der Waals surface area contributed by atoms with Crippen molar-refractivity contribution < 1.29 is 43.3 Å². The van der Waals surface area contributed by atoms with Crippen molar-refractivity contribution >= 4 is 35.6 Å². The fraction of sp³-hybridized carbons (Fsp3) is 0.636. The predicted octanol–water partition coefficient (Wildman–Crippen LogP) is 1.68. The number of amides is 3. The fourth-order valence-electron chi connectivity index (χ4n) is 3.05. The molecule has 184 valence electrons. The molecule has 0 saturated heterocycles. The molecule has 11 nitrogen and oxygen atoms in total. The van der Waals surface area contributed by atoms with Gasteiger partial charge in [0.1, 0.15) is 11.2 Å². The minimum atomic E-state index is -1.77. The van der Waals surface area contributed by atoms with Crippen molar-refractivity contribution in [1.29, 1.82) is 0 Å². The summed E-state index contributed by atoms with van der Waals surface area (Å²) in [5, 5.41) is 9.69. The molecule has 1 rings (SSSR count). The Morgan fingerprint density at radius 1 is 0.970 bits per heavy atom. The molecule has 1 unspecified atom stereocenters. The number of aliphatic carboxylic acids is 1. The van der Waals surface area contributed by atoms with Gasteiger partial charge in [0, 0.05) is 18.6 Å². The zero-order valence-corrected chi connectivity index (χ0v) is 20.0. The summed E-state index contributed by atoms with van der Waals surface area (Å²) in [6.45, 7) is 10.3. The molecule has 0 aliphatic carbocycles. The van der Waals surface area contributed by atoms with Gasteiger partial charge in [-0.05, 0) is 54.9 Å². The Kier molecular flexibility index (Phi) is 8.91. The van der Waals surface area contributed by atoms with Crippen molar-refractivity contribution in [3.05, 3.63) is 12.2 Å². The minimum absolute atomic E-state index is 0.171. The molecule has 0 saturated carbocycles. The molecular weight excluding hydrogens is 436 g/mol. The number of imide groups is 1. The second-order valence-electron chi connectivity index (χ2n) is 9.62. The zero-order valence-electron chi connectivity index (χ0n) is 20.0. The van der Waals surface area contributed by atoms with Gasteiger partial charge in [0.2, 0.25) is 0 Å². The van der Waals surface area contributed by atoms with Crippen LogP contribution >= 0.6 is 0 Å². The molecule has 33 heavy (non-hydrogen) atoms. The number of carbonyl (C=O) groups is 6. The van der Waals surface area contributed by atoms with Crippen LogP contribution in [0.5, 0.6) is 0 Å². The number of esters is 1. The number of rotatable bonds is 9. The minimum Gasteiger partial charge on any atom is -0.480 e. The van der Waals surface area contributed by atoms with Gasteiger partial charge in [-0.3, -0.25) is 29.0 Å². The summed E-state index contributed by atoms with van der Waals surface area (Å²) < 4.78 is 10.6. The molecule has 0 bridgehead atoms. The lowest BCUT2D eigenvalue weighted by molar-refractivity contribution is -0.156. The first-order valence-electron chi connectivity index (χ1n) is 10.4. The topological polar surface area (TPSA) is 148 Å². The van der Waals surface area contributed by atoms with Gasteiger partial charge in [0.15, 0.2) is 11.8 Å². The molecule has 1 heterocycles. The van der Waals surface area contributed by atoms with Crippen molar-refractivity contribution in [2.75, 3.05) is 6.54 Å². The van der Waals surface area contributed by atoms with E-state index in [1.165, 1.54) is 6.92 Å². The number of ether oxygens (including phenoxy) is 2. The maximum absolute atomic E-state index is 13.0. The van der Waals surface area contributed by atoms with E-state index in [4.69, 9.17) is 9.47 Å². The molecule has 1 aliphatic heterocycles. The number of hydrogen-bond donors (Lipinski definition) is 1. The standard InChI is InChI=1S/C22H32N2O9/c1-13(25)14(8-11-18(28)32-21(2,3)4)23(20(31)33-22(5,6)7)12-15(19(29)30)24-16(26)9-10-17(24)27/h9-10,14-15H,8,11-12H2,1-7H3,(H,29,30)/t14-,15?/m0/s1. The molecule has 3 amide bonds. The van der Waals surface area contributed by atoms with Gasteiger partial charge in [-0.25, -0.2) is 9.59 Å². The number of carbonyl (C=O) groups excluding carboxylic acids is 5. The summed E-state index contributed by atoms with van der Waals surface area (Å²) in [6, 6.07) is -3.02. The molecule has 1 N–H and O–H groups in total. The van der Waals surface area contributed by atoms with E-state index in [0.29, 0.717) is 4.90 Å². The summed E-state index contributed by atoms with van der Waals surface area (Å²) >= 11 is 0. The molecule has 0 aromatic rings. The highest BCUT2D eigenvalue weighted by molar-refractivity contribution is 6.14. The zero-order chi connectivity index (χ0) is 25.7. The smallest absolute Gasteiger partial charge is 0.410 e. The average Bonchev–Trinajstić information content (AvgIpc) is 2.92. The number of carboxylic acids is 1. The van der Waals surface area contributed by atoms with E-state index < -0.39 is 65.5 Å². The number of Topliss-reactive ketones (excluding diaryl/α,β-unsaturated/α-hetero) is 1. The highest BCUT2D eigenvalue weighted by Gasteiger charge is 2.41. The second-order valence-corrected chi connectivity index (χ2v) is 9.62. The Morgan fingerprint density at radius 2 is 1.45 bits per heavy atom. The maximum Gasteiger partial charge on any atom is 0.410 e. The fourth-order valence-corrected chi connectivity index (χ4v) is 3.05. The summed E-state index contributed by atoms with van der Waals surface area (Å²) in [7, 11) is 0. The van der Waals surface area contributed by atoms with E-state index in [-0.39, 0.29) is 12.8 Å². The average molecular weight is 469 g/mol. The second kappa shape index (κ2) is 10.6. The first-order valence-corrected chi connectivity index (χ1v) is 10.4. The van der Waals surface area contributed by atoms with Crippen LogP contribution in [0.15, 0.2) is 12.2 Å². The lowest BCUT2D eigenvalue weighted by Gasteiger charge is -2.35. The van der Waals surface area contributed by atoms with Crippen LogP contribution < -0.4 is 0 Å². The monoisotopic (exact) mass is 468 g/mol. The number of nitrogens with zero attached hydrogens (tertiary/aromatic N) is 2. The van der Waals surface area contributed by atoms with Gasteiger partial charge in [0.05, 0.1) is 12.6 Å². The highest BCUT2D eigenvalue weighted by atomic mass is 16.6. The highest BCUT2D eigenvalue weighted by Crippen LogP contribution is 2.20. The number of ketones is 1. The van der Waals surface area contributed by atoms with Crippen molar-refractivity contribution in [2.45, 2.75) is 84.6 Å². The van der Waals surface area contributed by atoms with Crippen molar-refractivity contribution in [3.63, 3.8) is 0 Å². The van der Waals surface area contributed by atoms with E-state index in [1.54, 1.807) is 41.5 Å². The molecule has 1 aliphatic rings. The lowest BCUT2D eigenvalue weighted by Crippen LogP contribution is -2.56. The number of hydrogen-bond acceptors (Lipinski definition) is 8. The summed E-state index contributed by atoms with van der Waals surface area (Å²) in [6.07, 6.45) is 0.407. The third-order valence-corrected chi connectivity index (χ3v) is 4.33. The van der Waals surface area contributed by atoms with Crippen molar-refractivity contribution in [3.8, 4) is 0 Å². The molecule has 11 heteroatoms. The summed E-state index contributed by atoms with van der Waals surface area (Å²) in [5.74, 6) is -4.41. The van der Waals surface area contributed by atoms with Gasteiger partial charge in [-0.2, -0.15) is 0 Å². The Morgan fingerprint density at radius 3 is 1.85 bits per heavy atom. The van der Waals surface area contributed by atoms with Crippen LogP contribution in [0.3, 0.4) is 0 Å². The van der Waals surface area contributed by atoms with Gasteiger partial charge >= 0.3 is 18.0 Å². The van der Waals surface area contributed by atoms with Crippen molar-refractivity contribution in [2.24, 2.45) is 0 Å². The quantitative estimate of drug-likeness (QED) is 0.394. The Bertz CT molecular complexity index is 831. The van der Waals surface area contributed by atoms with Gasteiger partial charge in [-0.15, -0.1) is 0 Å². The van der Waals surface area contributed by atoms with Crippen LogP contribution in [0, 0.1) is 0 Å². The van der Waals surface area contributed by atoms with Crippen LogP contribution in [-0.4, -0.2) is 80.4 Å². The lowest BCUT2D eigenvalue weighted by atomic mass is 10.0. The molecule has 0 aromatic carbocycles. The maximum atomic E-state index is 13.0. The molecular formula is C22H32N2O9. The van der Waals surface area contributed by atoms with E-state index in [9.17, 15) is 33.9 Å². The van der Waals surface area contributed by atoms with E-state index >= 15 is 0 Å². The molecule has 2 atom stereocenters. The molecule has 0 radical (unpaired) electrons. The van der Waals surface area contributed by atoms with Crippen LogP contribution in [0.1, 0.15) is 61.3 Å². The predicted molar refractivity (Wildman–Crippen MR) is 115 cm³/mol. The third kappa shape index (κ3) is 8.66. The normalized spacial score (nSPS) is 15.8. The SMILES string of the molecule is CC(=O)[C@H](CCC(=O)OC(C)(C)C)N(CC(C(=O)O)N1C(=O)C=CC1=O)C(=O)OC(C)(C)C. The van der Waals surface area contributed by atoms with Crippen LogP contribution in [-0.2, 0) is 33.4 Å². The summed E-state index contributed by atoms with van der Waals surface area (Å²) in [4.78, 5) is 74.9. The van der Waals surface area contributed by atoms with Crippen LogP contribution in [0.25, 0.3) is 0 Å². The summed E-state index contributed by atoms with van der Waals surface area (Å²) in [5.41, 5.74) is -1.74. The first-order chi connectivity index (χ1) is 14.9. The molecule has 0 fully saturated rings. The number of carboxylic acid groups (broad SMARTS) is 1. The van der Waals surface area contributed by atoms with Crippen LogP contribution in [0.4, 0.5) is 4.79 Å². The Balaban J connectivity index is 3.26. The first kappa shape index (κ1) is 27.8. The molecule has 0 aromatic heterocycles. The van der Waals surface area contributed by atoms with E-state index in [2.05, 4.69) is 0 Å². The molecule has 0 spiro atoms. The van der Waals surface area contributed by atoms with Gasteiger partial charge in [-0.1, -0.05) is 0 Å². The van der Waals surface area contributed by atoms with Crippen LogP contribution in [0.2, 0.25) is 0 Å². The van der Waals surface area contributed by atoms with E-state index in [1.807, 2.05) is 0 Å². The Labute approximate surface area is 192 Å². The van der Waals surface area contributed by atoms with Gasteiger partial charge < -0.3 is 14.6 Å².